The van der Waals surface area contributed by atoms with Gasteiger partial charge in [0.2, 0.25) is 0 Å². The molecule has 2 aromatic rings. The number of rotatable bonds is 4. The smallest absolute Gasteiger partial charge is 0.328 e. The van der Waals surface area contributed by atoms with Crippen LogP contribution in [0.5, 0.6) is 0 Å². The Bertz CT molecular complexity index is 718. The largest absolute Gasteiger partial charge is 0.478 e. The summed E-state index contributed by atoms with van der Waals surface area (Å²) in [7, 11) is 0. The van der Waals surface area contributed by atoms with Crippen LogP contribution in [-0.2, 0) is 4.79 Å². The van der Waals surface area contributed by atoms with E-state index < -0.39 is 17.7 Å². The van der Waals surface area contributed by atoms with Gasteiger partial charge in [-0.25, -0.2) is 9.18 Å². The summed E-state index contributed by atoms with van der Waals surface area (Å²) < 4.78 is 18.8. The molecule has 6 heteroatoms. The summed E-state index contributed by atoms with van der Waals surface area (Å²) in [4.78, 5) is 22.3. The number of nitrogens with one attached hydrogen (secondary N) is 1. The molecule has 1 heterocycles. The Balaban J connectivity index is 2.15. The van der Waals surface area contributed by atoms with Gasteiger partial charge in [-0.1, -0.05) is 0 Å². The van der Waals surface area contributed by atoms with E-state index in [1.807, 2.05) is 0 Å². The first-order valence-electron chi connectivity index (χ1n) is 6.03. The molecular formula is C15H12FNO4. The number of hydrogen-bond acceptors (Lipinski definition) is 3. The fourth-order valence-corrected chi connectivity index (χ4v) is 1.69. The lowest BCUT2D eigenvalue weighted by Gasteiger charge is -2.05. The van der Waals surface area contributed by atoms with Crippen LogP contribution >= 0.6 is 0 Å². The molecule has 0 aliphatic heterocycles. The van der Waals surface area contributed by atoms with Gasteiger partial charge in [0.25, 0.3) is 5.91 Å². The summed E-state index contributed by atoms with van der Waals surface area (Å²) in [5, 5.41) is 11.0. The normalized spacial score (nSPS) is 10.8. The highest BCUT2D eigenvalue weighted by Gasteiger charge is 2.13. The van der Waals surface area contributed by atoms with Crippen LogP contribution in [0.25, 0.3) is 6.08 Å². The van der Waals surface area contributed by atoms with Crippen LogP contribution < -0.4 is 5.32 Å². The van der Waals surface area contributed by atoms with E-state index in [-0.39, 0.29) is 17.0 Å². The Kier molecular flexibility index (Phi) is 4.18. The molecule has 0 atom stereocenters. The van der Waals surface area contributed by atoms with E-state index in [2.05, 4.69) is 5.32 Å². The number of halogens is 1. The molecule has 0 unspecified atom stereocenters. The molecule has 108 valence electrons. The predicted octanol–water partition coefficient (Wildman–Crippen LogP) is 3.08. The first kappa shape index (κ1) is 14.5. The molecule has 0 bridgehead atoms. The van der Waals surface area contributed by atoms with Crippen molar-refractivity contribution >= 4 is 23.6 Å². The number of aryl methyl sites for hydroxylation is 1. The molecule has 21 heavy (non-hydrogen) atoms. The fourth-order valence-electron chi connectivity index (χ4n) is 1.69. The number of hydrogen-bond donors (Lipinski definition) is 2. The number of amides is 1. The molecule has 5 nitrogen and oxygen atoms in total. The number of carboxylic acid groups (broad SMARTS) is 1. The molecule has 0 aliphatic carbocycles. The second kappa shape index (κ2) is 6.04. The van der Waals surface area contributed by atoms with Crippen molar-refractivity contribution in [1.82, 2.24) is 0 Å². The van der Waals surface area contributed by atoms with Gasteiger partial charge in [0.15, 0.2) is 5.76 Å². The average Bonchev–Trinajstić information content (AvgIpc) is 2.84. The topological polar surface area (TPSA) is 79.5 Å². The lowest BCUT2D eigenvalue weighted by atomic mass is 10.1. The van der Waals surface area contributed by atoms with Gasteiger partial charge in [-0.15, -0.1) is 0 Å². The molecule has 1 aromatic heterocycles. The van der Waals surface area contributed by atoms with Gasteiger partial charge in [0, 0.05) is 22.9 Å². The molecule has 2 rings (SSSR count). The number of aliphatic carboxylic acids is 1. The summed E-state index contributed by atoms with van der Waals surface area (Å²) in [6.07, 6.45) is 3.37. The average molecular weight is 289 g/mol. The summed E-state index contributed by atoms with van der Waals surface area (Å²) in [6, 6.07) is 5.60. The number of carboxylic acids is 1. The summed E-state index contributed by atoms with van der Waals surface area (Å²) >= 11 is 0. The van der Waals surface area contributed by atoms with Gasteiger partial charge < -0.3 is 14.8 Å². The lowest BCUT2D eigenvalue weighted by Crippen LogP contribution is -2.12. The monoisotopic (exact) mass is 289 g/mol. The third-order valence-electron chi connectivity index (χ3n) is 2.73. The number of carbonyl (C=O) groups excluding carboxylic acids is 1. The maximum absolute atomic E-state index is 13.8. The first-order chi connectivity index (χ1) is 9.97. The molecular weight excluding hydrogens is 277 g/mol. The highest BCUT2D eigenvalue weighted by molar-refractivity contribution is 6.03. The molecule has 0 spiro atoms. The van der Waals surface area contributed by atoms with Gasteiger partial charge in [-0.2, -0.15) is 0 Å². The molecule has 0 fully saturated rings. The van der Waals surface area contributed by atoms with E-state index in [0.29, 0.717) is 5.56 Å². The van der Waals surface area contributed by atoms with Gasteiger partial charge in [-0.3, -0.25) is 4.79 Å². The zero-order valence-corrected chi connectivity index (χ0v) is 11.1. The third-order valence-corrected chi connectivity index (χ3v) is 2.73. The van der Waals surface area contributed by atoms with Crippen LogP contribution in [-0.4, -0.2) is 17.0 Å². The summed E-state index contributed by atoms with van der Waals surface area (Å²) in [5.41, 5.74) is 1.04. The number of furan rings is 1. The molecule has 0 saturated carbocycles. The van der Waals surface area contributed by atoms with Crippen molar-refractivity contribution in [2.75, 3.05) is 5.32 Å². The maximum Gasteiger partial charge on any atom is 0.328 e. The van der Waals surface area contributed by atoms with Crippen molar-refractivity contribution in [3.63, 3.8) is 0 Å². The van der Waals surface area contributed by atoms with E-state index in [1.54, 1.807) is 13.0 Å². The Morgan fingerprint density at radius 2 is 2.10 bits per heavy atom. The van der Waals surface area contributed by atoms with Crippen LogP contribution in [0.1, 0.15) is 21.7 Å². The zero-order valence-electron chi connectivity index (χ0n) is 11.1. The highest BCUT2D eigenvalue weighted by atomic mass is 19.1. The van der Waals surface area contributed by atoms with Crippen LogP contribution in [0.2, 0.25) is 0 Å². The Labute approximate surface area is 119 Å². The van der Waals surface area contributed by atoms with E-state index in [9.17, 15) is 14.0 Å². The van der Waals surface area contributed by atoms with E-state index >= 15 is 0 Å². The highest BCUT2D eigenvalue weighted by Crippen LogP contribution is 2.18. The maximum atomic E-state index is 13.8. The molecule has 0 radical (unpaired) electrons. The van der Waals surface area contributed by atoms with Crippen molar-refractivity contribution < 1.29 is 23.5 Å². The van der Waals surface area contributed by atoms with Gasteiger partial charge in [0.05, 0.1) is 6.26 Å². The van der Waals surface area contributed by atoms with Gasteiger partial charge >= 0.3 is 5.97 Å². The molecule has 0 saturated heterocycles. The Hall–Kier alpha value is -2.89. The SMILES string of the molecule is Cc1ccoc1C(=O)Nc1ccc(C=CC(=O)O)c(F)c1. The first-order valence-corrected chi connectivity index (χ1v) is 6.03. The minimum atomic E-state index is -1.17. The zero-order chi connectivity index (χ0) is 15.4. The van der Waals surface area contributed by atoms with E-state index in [4.69, 9.17) is 9.52 Å². The van der Waals surface area contributed by atoms with Gasteiger partial charge in [0.1, 0.15) is 5.82 Å². The Morgan fingerprint density at radius 1 is 1.33 bits per heavy atom. The van der Waals surface area contributed by atoms with Crippen molar-refractivity contribution in [2.45, 2.75) is 6.92 Å². The molecule has 0 aliphatic rings. The van der Waals surface area contributed by atoms with Crippen molar-refractivity contribution in [1.29, 1.82) is 0 Å². The van der Waals surface area contributed by atoms with E-state index in [0.717, 1.165) is 18.2 Å². The molecule has 1 aromatic carbocycles. The summed E-state index contributed by atoms with van der Waals surface area (Å²) in [6.45, 7) is 1.72. The minimum absolute atomic E-state index is 0.115. The predicted molar refractivity (Wildman–Crippen MR) is 74.5 cm³/mol. The van der Waals surface area contributed by atoms with Crippen LogP contribution in [0.4, 0.5) is 10.1 Å². The second-order valence-corrected chi connectivity index (χ2v) is 4.29. The molecule has 1 amide bonds. The quantitative estimate of drug-likeness (QED) is 0.848. The standard InChI is InChI=1S/C15H12FNO4/c1-9-6-7-21-14(9)15(20)17-11-4-2-10(12(16)8-11)3-5-13(18)19/h2-8H,1H3,(H,17,20)(H,18,19). The van der Waals surface area contributed by atoms with Gasteiger partial charge in [-0.05, 0) is 37.3 Å². The number of carbonyl (C=O) groups is 2. The number of benzene rings is 1. The minimum Gasteiger partial charge on any atom is -0.478 e. The van der Waals surface area contributed by atoms with Crippen molar-refractivity contribution in [2.24, 2.45) is 0 Å². The number of anilines is 1. The third kappa shape index (κ3) is 3.56. The van der Waals surface area contributed by atoms with Crippen LogP contribution in [0.3, 0.4) is 0 Å². The Morgan fingerprint density at radius 3 is 2.67 bits per heavy atom. The summed E-state index contributed by atoms with van der Waals surface area (Å²) in [5.74, 6) is -2.13. The van der Waals surface area contributed by atoms with Crippen molar-refractivity contribution in [3.05, 3.63) is 59.3 Å². The van der Waals surface area contributed by atoms with E-state index in [1.165, 1.54) is 18.4 Å². The molecule has 2 N–H and O–H groups in total. The van der Waals surface area contributed by atoms with Crippen LogP contribution in [0.15, 0.2) is 41.0 Å². The van der Waals surface area contributed by atoms with Crippen LogP contribution in [0, 0.1) is 12.7 Å². The lowest BCUT2D eigenvalue weighted by molar-refractivity contribution is -0.131. The van der Waals surface area contributed by atoms with Crippen molar-refractivity contribution in [3.8, 4) is 0 Å². The second-order valence-electron chi connectivity index (χ2n) is 4.29. The fraction of sp³-hybridized carbons (Fsp3) is 0.0667.